The Morgan fingerprint density at radius 2 is 2.00 bits per heavy atom. The number of hydrogen-bond acceptors (Lipinski definition) is 8. The zero-order chi connectivity index (χ0) is 21.2. The predicted octanol–water partition coefficient (Wildman–Crippen LogP) is 6.11. The van der Waals surface area contributed by atoms with E-state index in [0.717, 1.165) is 26.7 Å². The third kappa shape index (κ3) is 4.53. The molecule has 1 amide bonds. The summed E-state index contributed by atoms with van der Waals surface area (Å²) in [4.78, 5) is 17.9. The van der Waals surface area contributed by atoms with Gasteiger partial charge in [0, 0.05) is 11.3 Å². The largest absolute Gasteiger partial charge is 0.410 e. The molecule has 0 spiro atoms. The highest BCUT2D eigenvalue weighted by Crippen LogP contribution is 2.31. The molecule has 0 aliphatic carbocycles. The molecule has 6 nitrogen and oxygen atoms in total. The quantitative estimate of drug-likeness (QED) is 0.305. The van der Waals surface area contributed by atoms with Crippen molar-refractivity contribution in [1.29, 1.82) is 0 Å². The predicted molar refractivity (Wildman–Crippen MR) is 127 cm³/mol. The summed E-state index contributed by atoms with van der Waals surface area (Å²) in [5.41, 5.74) is 3.99. The van der Waals surface area contributed by atoms with E-state index >= 15 is 0 Å². The van der Waals surface area contributed by atoms with E-state index in [-0.39, 0.29) is 11.7 Å². The summed E-state index contributed by atoms with van der Waals surface area (Å²) >= 11 is 4.41. The first kappa shape index (κ1) is 19.9. The molecular formula is C22H16N4O2S3. The molecule has 0 aliphatic heterocycles. The Morgan fingerprint density at radius 3 is 2.81 bits per heavy atom. The van der Waals surface area contributed by atoms with Crippen LogP contribution in [0.2, 0.25) is 0 Å². The molecule has 0 aliphatic rings. The lowest BCUT2D eigenvalue weighted by Crippen LogP contribution is -2.13. The van der Waals surface area contributed by atoms with Crippen LogP contribution in [0.4, 0.5) is 5.69 Å². The number of fused-ring (bicyclic) bond motifs is 1. The van der Waals surface area contributed by atoms with Gasteiger partial charge in [-0.3, -0.25) is 4.79 Å². The monoisotopic (exact) mass is 464 g/mol. The smallest absolute Gasteiger partial charge is 0.277 e. The summed E-state index contributed by atoms with van der Waals surface area (Å²) < 4.78 is 6.76. The van der Waals surface area contributed by atoms with E-state index in [1.54, 1.807) is 11.3 Å². The fourth-order valence-electron chi connectivity index (χ4n) is 2.94. The molecule has 5 aromatic rings. The summed E-state index contributed by atoms with van der Waals surface area (Å²) in [5.74, 6) is 0.521. The number of carbonyl (C=O) groups excluding carboxylic acids is 1. The van der Waals surface area contributed by atoms with Crippen molar-refractivity contribution in [3.05, 3.63) is 65.5 Å². The molecule has 31 heavy (non-hydrogen) atoms. The van der Waals surface area contributed by atoms with Crippen molar-refractivity contribution in [2.75, 3.05) is 11.1 Å². The van der Waals surface area contributed by atoms with Gasteiger partial charge in [0.25, 0.3) is 11.1 Å². The summed E-state index contributed by atoms with van der Waals surface area (Å²) in [5, 5.41) is 14.2. The van der Waals surface area contributed by atoms with Gasteiger partial charge in [0.2, 0.25) is 5.91 Å². The maximum absolute atomic E-state index is 12.3. The van der Waals surface area contributed by atoms with Crippen molar-refractivity contribution < 1.29 is 9.21 Å². The molecule has 0 fully saturated rings. The number of benzene rings is 2. The van der Waals surface area contributed by atoms with Crippen LogP contribution in [0, 0.1) is 6.92 Å². The molecule has 154 valence electrons. The lowest BCUT2D eigenvalue weighted by molar-refractivity contribution is -0.113. The van der Waals surface area contributed by atoms with Crippen LogP contribution in [0.15, 0.2) is 69.6 Å². The van der Waals surface area contributed by atoms with E-state index in [0.29, 0.717) is 11.1 Å². The first-order valence-electron chi connectivity index (χ1n) is 9.42. The molecular weight excluding hydrogens is 448 g/mol. The van der Waals surface area contributed by atoms with Crippen LogP contribution in [0.1, 0.15) is 5.56 Å². The normalized spacial score (nSPS) is 11.1. The van der Waals surface area contributed by atoms with Crippen molar-refractivity contribution >= 4 is 56.2 Å². The van der Waals surface area contributed by atoms with Gasteiger partial charge in [-0.1, -0.05) is 23.9 Å². The number of anilines is 1. The fraction of sp³-hybridized carbons (Fsp3) is 0.0909. The molecule has 0 radical (unpaired) electrons. The minimum atomic E-state index is -0.135. The van der Waals surface area contributed by atoms with E-state index in [1.165, 1.54) is 33.4 Å². The molecule has 0 atom stereocenters. The van der Waals surface area contributed by atoms with Crippen LogP contribution in [0.3, 0.4) is 0 Å². The summed E-state index contributed by atoms with van der Waals surface area (Å²) in [7, 11) is 0. The Hall–Kier alpha value is -3.01. The second-order valence-corrected chi connectivity index (χ2v) is 9.66. The number of hydrogen-bond donors (Lipinski definition) is 1. The average molecular weight is 465 g/mol. The maximum atomic E-state index is 12.3. The zero-order valence-electron chi connectivity index (χ0n) is 16.4. The molecule has 1 N–H and O–H groups in total. The number of aromatic nitrogens is 3. The van der Waals surface area contributed by atoms with Crippen LogP contribution >= 0.6 is 34.4 Å². The van der Waals surface area contributed by atoms with E-state index in [4.69, 9.17) is 9.40 Å². The highest BCUT2D eigenvalue weighted by atomic mass is 32.2. The Kier molecular flexibility index (Phi) is 5.54. The zero-order valence-corrected chi connectivity index (χ0v) is 18.8. The number of amides is 1. The van der Waals surface area contributed by atoms with Gasteiger partial charge in [-0.15, -0.1) is 32.9 Å². The van der Waals surface area contributed by atoms with E-state index in [1.807, 2.05) is 47.8 Å². The highest BCUT2D eigenvalue weighted by molar-refractivity contribution is 7.99. The topological polar surface area (TPSA) is 80.9 Å². The molecule has 0 unspecified atom stereocenters. The Balaban J connectivity index is 1.19. The number of rotatable bonds is 6. The first-order chi connectivity index (χ1) is 15.1. The number of nitrogens with one attached hydrogen (secondary N) is 1. The van der Waals surface area contributed by atoms with Crippen LogP contribution in [0.25, 0.3) is 31.6 Å². The Morgan fingerprint density at radius 1 is 1.13 bits per heavy atom. The number of carbonyl (C=O) groups is 1. The third-order valence-electron chi connectivity index (χ3n) is 4.42. The molecule has 3 heterocycles. The highest BCUT2D eigenvalue weighted by Gasteiger charge is 2.12. The second-order valence-electron chi connectivity index (χ2n) is 6.75. The van der Waals surface area contributed by atoms with Crippen molar-refractivity contribution in [1.82, 2.24) is 15.2 Å². The third-order valence-corrected chi connectivity index (χ3v) is 7.17. The van der Waals surface area contributed by atoms with Crippen LogP contribution in [-0.4, -0.2) is 26.8 Å². The molecule has 0 bridgehead atoms. The van der Waals surface area contributed by atoms with Gasteiger partial charge in [-0.2, -0.15) is 0 Å². The van der Waals surface area contributed by atoms with E-state index in [9.17, 15) is 4.79 Å². The molecule has 0 saturated heterocycles. The van der Waals surface area contributed by atoms with Gasteiger partial charge >= 0.3 is 0 Å². The van der Waals surface area contributed by atoms with E-state index in [2.05, 4.69) is 34.6 Å². The van der Waals surface area contributed by atoms with Gasteiger partial charge in [-0.25, -0.2) is 4.98 Å². The van der Waals surface area contributed by atoms with Crippen molar-refractivity contribution in [3.63, 3.8) is 0 Å². The minimum Gasteiger partial charge on any atom is -0.410 e. The van der Waals surface area contributed by atoms with Crippen molar-refractivity contribution in [3.8, 4) is 21.3 Å². The van der Waals surface area contributed by atoms with E-state index < -0.39 is 0 Å². The van der Waals surface area contributed by atoms with Gasteiger partial charge in [0.05, 0.1) is 20.8 Å². The first-order valence-corrected chi connectivity index (χ1v) is 12.1. The molecule has 2 aromatic carbocycles. The summed E-state index contributed by atoms with van der Waals surface area (Å²) in [6, 6.07) is 17.8. The van der Waals surface area contributed by atoms with Crippen molar-refractivity contribution in [2.24, 2.45) is 0 Å². The number of aryl methyl sites for hydroxylation is 1. The van der Waals surface area contributed by atoms with Gasteiger partial charge in [0.15, 0.2) is 0 Å². The van der Waals surface area contributed by atoms with Crippen molar-refractivity contribution in [2.45, 2.75) is 12.1 Å². The average Bonchev–Trinajstić information content (AvgIpc) is 3.52. The lowest BCUT2D eigenvalue weighted by atomic mass is 10.2. The summed E-state index contributed by atoms with van der Waals surface area (Å²) in [6.45, 7) is 2.08. The van der Waals surface area contributed by atoms with Gasteiger partial charge in [0.1, 0.15) is 5.01 Å². The van der Waals surface area contributed by atoms with Gasteiger partial charge < -0.3 is 9.73 Å². The molecule has 9 heteroatoms. The van der Waals surface area contributed by atoms with Crippen LogP contribution in [-0.2, 0) is 4.79 Å². The minimum absolute atomic E-state index is 0.135. The SMILES string of the molecule is Cc1ccc2nc(-c3ccc(NC(=O)CSc4nnc(-c5cccs5)o4)cc3)sc2c1. The number of nitrogens with zero attached hydrogens (tertiary/aromatic N) is 3. The number of thioether (sulfide) groups is 1. The molecule has 5 rings (SSSR count). The van der Waals surface area contributed by atoms with Crippen LogP contribution < -0.4 is 5.32 Å². The summed E-state index contributed by atoms with van der Waals surface area (Å²) in [6.07, 6.45) is 0. The van der Waals surface area contributed by atoms with Gasteiger partial charge in [-0.05, 0) is 60.3 Å². The fourth-order valence-corrected chi connectivity index (χ4v) is 5.22. The standard InChI is InChI=1S/C22H16N4O2S3/c1-13-4-9-16-18(11-13)31-21(24-16)14-5-7-15(8-6-14)23-19(27)12-30-22-26-25-20(28-22)17-3-2-10-29-17/h2-11H,12H2,1H3,(H,23,27). The molecule has 3 aromatic heterocycles. The Bertz CT molecular complexity index is 1340. The number of thiophene rings is 1. The maximum Gasteiger partial charge on any atom is 0.277 e. The second kappa shape index (κ2) is 8.62. The lowest BCUT2D eigenvalue weighted by Gasteiger charge is -2.04. The van der Waals surface area contributed by atoms with Crippen LogP contribution in [0.5, 0.6) is 0 Å². The number of thiazole rings is 1. The Labute approximate surface area is 190 Å². The molecule has 0 saturated carbocycles.